The van der Waals surface area contributed by atoms with E-state index in [1.165, 1.54) is 0 Å². The number of hydrogen-bond donors (Lipinski definition) is 1. The lowest BCUT2D eigenvalue weighted by atomic mass is 10.1. The second kappa shape index (κ2) is 6.39. The molecule has 2 rings (SSSR count). The number of carbonyl (C=O) groups is 2. The maximum atomic E-state index is 12.5. The molecule has 0 bridgehead atoms. The first-order chi connectivity index (χ1) is 9.87. The van der Waals surface area contributed by atoms with Crippen molar-refractivity contribution in [1.82, 2.24) is 4.90 Å². The Bertz CT molecular complexity index is 544. The summed E-state index contributed by atoms with van der Waals surface area (Å²) < 4.78 is 5.17. The molecule has 1 N–H and O–H groups in total. The van der Waals surface area contributed by atoms with Crippen molar-refractivity contribution < 1.29 is 19.4 Å². The largest absolute Gasteiger partial charge is 0.482 e. The van der Waals surface area contributed by atoms with Crippen molar-refractivity contribution in [3.8, 4) is 5.75 Å². The average molecular weight is 309 g/mol. The number of ether oxygens (including phenoxy) is 1. The Kier molecular flexibility index (Phi) is 4.77. The monoisotopic (exact) mass is 309 g/mol. The van der Waals surface area contributed by atoms with Crippen molar-refractivity contribution in [2.45, 2.75) is 18.6 Å². The summed E-state index contributed by atoms with van der Waals surface area (Å²) in [6, 6.07) is 6.68. The van der Waals surface area contributed by atoms with E-state index in [1.807, 2.05) is 16.7 Å². The highest BCUT2D eigenvalue weighted by Crippen LogP contribution is 2.30. The van der Waals surface area contributed by atoms with Gasteiger partial charge < -0.3 is 14.7 Å². The van der Waals surface area contributed by atoms with Gasteiger partial charge >= 0.3 is 5.97 Å². The highest BCUT2D eigenvalue weighted by Gasteiger charge is 2.30. The number of hydrogen-bond acceptors (Lipinski definition) is 4. The Hall–Kier alpha value is -1.69. The fourth-order valence-electron chi connectivity index (χ4n) is 2.24. The minimum atomic E-state index is -1.04. The van der Waals surface area contributed by atoms with Crippen LogP contribution in [-0.2, 0) is 4.79 Å². The number of carboxylic acid groups (broad SMARTS) is 1. The molecule has 0 saturated carbocycles. The van der Waals surface area contributed by atoms with Crippen molar-refractivity contribution >= 4 is 23.6 Å². The van der Waals surface area contributed by atoms with Crippen LogP contribution in [0.15, 0.2) is 24.3 Å². The SMILES string of the molecule is CC1(C)CN(C(=O)c2cccc(OCC(=O)O)c2)CCS1. The average Bonchev–Trinajstić information content (AvgIpc) is 2.43. The molecule has 114 valence electrons. The molecule has 21 heavy (non-hydrogen) atoms. The third-order valence-corrected chi connectivity index (χ3v) is 4.45. The van der Waals surface area contributed by atoms with Crippen LogP contribution in [-0.4, -0.2) is 52.1 Å². The molecular formula is C15H19NO4S. The van der Waals surface area contributed by atoms with E-state index in [1.54, 1.807) is 24.3 Å². The summed E-state index contributed by atoms with van der Waals surface area (Å²) in [7, 11) is 0. The zero-order chi connectivity index (χ0) is 15.5. The molecular weight excluding hydrogens is 290 g/mol. The van der Waals surface area contributed by atoms with Gasteiger partial charge in [0, 0.05) is 29.2 Å². The van der Waals surface area contributed by atoms with Gasteiger partial charge in [0.15, 0.2) is 6.61 Å². The van der Waals surface area contributed by atoms with Gasteiger partial charge in [-0.05, 0) is 32.0 Å². The van der Waals surface area contributed by atoms with Gasteiger partial charge in [0.1, 0.15) is 5.75 Å². The Morgan fingerprint density at radius 2 is 2.19 bits per heavy atom. The van der Waals surface area contributed by atoms with E-state index in [4.69, 9.17) is 9.84 Å². The van der Waals surface area contributed by atoms with Crippen LogP contribution in [0.25, 0.3) is 0 Å². The molecule has 6 heteroatoms. The molecule has 1 aromatic rings. The Balaban J connectivity index is 2.08. The lowest BCUT2D eigenvalue weighted by Crippen LogP contribution is -2.46. The second-order valence-corrected chi connectivity index (χ2v) is 7.35. The molecule has 0 unspecified atom stereocenters. The lowest BCUT2D eigenvalue weighted by molar-refractivity contribution is -0.139. The van der Waals surface area contributed by atoms with Crippen LogP contribution in [0.1, 0.15) is 24.2 Å². The van der Waals surface area contributed by atoms with Gasteiger partial charge in [-0.25, -0.2) is 4.79 Å². The molecule has 0 radical (unpaired) electrons. The van der Waals surface area contributed by atoms with E-state index < -0.39 is 12.6 Å². The first-order valence-corrected chi connectivity index (χ1v) is 7.74. The van der Waals surface area contributed by atoms with Gasteiger partial charge in [0.25, 0.3) is 5.91 Å². The predicted octanol–water partition coefficient (Wildman–Crippen LogP) is 2.12. The molecule has 1 heterocycles. The van der Waals surface area contributed by atoms with E-state index >= 15 is 0 Å². The first-order valence-electron chi connectivity index (χ1n) is 6.75. The molecule has 1 amide bonds. The number of benzene rings is 1. The normalized spacial score (nSPS) is 17.3. The molecule has 0 aromatic heterocycles. The summed E-state index contributed by atoms with van der Waals surface area (Å²) >= 11 is 1.87. The van der Waals surface area contributed by atoms with Gasteiger partial charge in [-0.15, -0.1) is 0 Å². The van der Waals surface area contributed by atoms with E-state index in [9.17, 15) is 9.59 Å². The molecule has 1 fully saturated rings. The molecule has 1 aliphatic rings. The number of aliphatic carboxylic acids is 1. The third kappa shape index (κ3) is 4.39. The first kappa shape index (κ1) is 15.7. The summed E-state index contributed by atoms with van der Waals surface area (Å²) in [5, 5.41) is 8.61. The van der Waals surface area contributed by atoms with Crippen molar-refractivity contribution in [3.63, 3.8) is 0 Å². The van der Waals surface area contributed by atoms with E-state index in [0.717, 1.165) is 12.3 Å². The topological polar surface area (TPSA) is 66.8 Å². The molecule has 1 aromatic carbocycles. The zero-order valence-electron chi connectivity index (χ0n) is 12.2. The summed E-state index contributed by atoms with van der Waals surface area (Å²) in [6.45, 7) is 5.28. The van der Waals surface area contributed by atoms with Crippen molar-refractivity contribution in [1.29, 1.82) is 0 Å². The van der Waals surface area contributed by atoms with Gasteiger partial charge in [0.05, 0.1) is 0 Å². The van der Waals surface area contributed by atoms with Crippen LogP contribution in [0.5, 0.6) is 5.75 Å². The lowest BCUT2D eigenvalue weighted by Gasteiger charge is -2.37. The number of rotatable bonds is 4. The standard InChI is InChI=1S/C15H19NO4S/c1-15(2)10-16(6-7-21-15)14(19)11-4-3-5-12(8-11)20-9-13(17)18/h3-5,8H,6-7,9-10H2,1-2H3,(H,17,18). The zero-order valence-corrected chi connectivity index (χ0v) is 13.0. The maximum absolute atomic E-state index is 12.5. The van der Waals surface area contributed by atoms with Gasteiger partial charge in [0.2, 0.25) is 0 Å². The van der Waals surface area contributed by atoms with Crippen LogP contribution in [0.2, 0.25) is 0 Å². The predicted molar refractivity (Wildman–Crippen MR) is 82.0 cm³/mol. The van der Waals surface area contributed by atoms with Crippen molar-refractivity contribution in [2.24, 2.45) is 0 Å². The molecule has 0 atom stereocenters. The number of nitrogens with zero attached hydrogens (tertiary/aromatic N) is 1. The molecule has 0 aliphatic carbocycles. The summed E-state index contributed by atoms with van der Waals surface area (Å²) in [5.74, 6) is 0.244. The Labute approximate surface area is 128 Å². The highest BCUT2D eigenvalue weighted by atomic mass is 32.2. The minimum Gasteiger partial charge on any atom is -0.482 e. The van der Waals surface area contributed by atoms with Gasteiger partial charge in [-0.2, -0.15) is 11.8 Å². The van der Waals surface area contributed by atoms with Crippen molar-refractivity contribution in [2.75, 3.05) is 25.4 Å². The number of thioether (sulfide) groups is 1. The van der Waals surface area contributed by atoms with Gasteiger partial charge in [-0.3, -0.25) is 4.79 Å². The molecule has 1 aliphatic heterocycles. The highest BCUT2D eigenvalue weighted by molar-refractivity contribution is 8.00. The molecule has 1 saturated heterocycles. The summed E-state index contributed by atoms with van der Waals surface area (Å²) in [5.41, 5.74) is 0.528. The Morgan fingerprint density at radius 1 is 1.43 bits per heavy atom. The number of carboxylic acids is 1. The minimum absolute atomic E-state index is 0.0378. The summed E-state index contributed by atoms with van der Waals surface area (Å²) in [6.07, 6.45) is 0. The van der Waals surface area contributed by atoms with E-state index in [0.29, 0.717) is 17.9 Å². The number of carbonyl (C=O) groups excluding carboxylic acids is 1. The molecule has 0 spiro atoms. The fraction of sp³-hybridized carbons (Fsp3) is 0.467. The smallest absolute Gasteiger partial charge is 0.341 e. The van der Waals surface area contributed by atoms with E-state index in [-0.39, 0.29) is 10.7 Å². The quantitative estimate of drug-likeness (QED) is 0.923. The van der Waals surface area contributed by atoms with Crippen molar-refractivity contribution in [3.05, 3.63) is 29.8 Å². The fourth-order valence-corrected chi connectivity index (χ4v) is 3.35. The van der Waals surface area contributed by atoms with E-state index in [2.05, 4.69) is 13.8 Å². The van der Waals surface area contributed by atoms with Crippen LogP contribution in [0.4, 0.5) is 0 Å². The number of amides is 1. The third-order valence-electron chi connectivity index (χ3n) is 3.16. The van der Waals surface area contributed by atoms with Crippen LogP contribution in [0, 0.1) is 0 Å². The second-order valence-electron chi connectivity index (χ2n) is 5.55. The van der Waals surface area contributed by atoms with Crippen LogP contribution in [0.3, 0.4) is 0 Å². The Morgan fingerprint density at radius 3 is 2.86 bits per heavy atom. The summed E-state index contributed by atoms with van der Waals surface area (Å²) in [4.78, 5) is 24.9. The van der Waals surface area contributed by atoms with Gasteiger partial charge in [-0.1, -0.05) is 6.07 Å². The molecule has 5 nitrogen and oxygen atoms in total. The maximum Gasteiger partial charge on any atom is 0.341 e. The van der Waals surface area contributed by atoms with Crippen LogP contribution < -0.4 is 4.74 Å². The van der Waals surface area contributed by atoms with Crippen LogP contribution >= 0.6 is 11.8 Å².